The number of hydrogen-bond donors (Lipinski definition) is 1. The van der Waals surface area contributed by atoms with Gasteiger partial charge in [-0.25, -0.2) is 8.42 Å². The second kappa shape index (κ2) is 7.29. The molecule has 0 amide bonds. The van der Waals surface area contributed by atoms with Crippen LogP contribution in [0.3, 0.4) is 0 Å². The van der Waals surface area contributed by atoms with Gasteiger partial charge in [0.15, 0.2) is 0 Å². The third kappa shape index (κ3) is 3.82. The van der Waals surface area contributed by atoms with Crippen molar-refractivity contribution in [1.82, 2.24) is 4.57 Å². The molecular weight excluding hydrogens is 414 g/mol. The second-order valence-electron chi connectivity index (χ2n) is 5.68. The Morgan fingerprint density at radius 2 is 2.00 bits per heavy atom. The normalized spacial score (nSPS) is 11.6. The molecule has 3 rings (SSSR count). The molecule has 2 aromatic carbocycles. The third-order valence-corrected chi connectivity index (χ3v) is 6.44. The Bertz CT molecular complexity index is 1200. The highest BCUT2D eigenvalue weighted by molar-refractivity contribution is 7.92. The van der Waals surface area contributed by atoms with Gasteiger partial charge in [0.1, 0.15) is 0 Å². The number of nitro benzene ring substituents is 1. The van der Waals surface area contributed by atoms with Crippen LogP contribution in [0.1, 0.15) is 13.3 Å². The molecule has 0 atom stereocenters. The molecule has 1 heterocycles. The Hall–Kier alpha value is -2.43. The van der Waals surface area contributed by atoms with Gasteiger partial charge in [-0.1, -0.05) is 29.9 Å². The predicted octanol–water partition coefficient (Wildman–Crippen LogP) is 3.84. The third-order valence-electron chi connectivity index (χ3n) is 3.80. The summed E-state index contributed by atoms with van der Waals surface area (Å²) in [5, 5.41) is 10.9. The maximum absolute atomic E-state index is 12.7. The lowest BCUT2D eigenvalue weighted by Gasteiger charge is -2.10. The minimum atomic E-state index is -4.05. The molecule has 0 saturated carbocycles. The molecule has 27 heavy (non-hydrogen) atoms. The second-order valence-corrected chi connectivity index (χ2v) is 8.76. The van der Waals surface area contributed by atoms with Crippen LogP contribution < -0.4 is 9.60 Å². The average Bonchev–Trinajstić information content (AvgIpc) is 2.92. The number of aryl methyl sites for hydroxylation is 1. The molecule has 0 bridgehead atoms. The summed E-state index contributed by atoms with van der Waals surface area (Å²) in [7, 11) is -4.05. The van der Waals surface area contributed by atoms with E-state index in [-0.39, 0.29) is 26.2 Å². The first-order chi connectivity index (χ1) is 12.7. The SMILES string of the molecule is CCCn1c(=O)sc2cc(S(=O)(=O)Nc3cc([N+](=O)[O-])ccc3Cl)ccc21. The van der Waals surface area contributed by atoms with Gasteiger partial charge in [-0.2, -0.15) is 0 Å². The van der Waals surface area contributed by atoms with Gasteiger partial charge in [0, 0.05) is 18.7 Å². The Balaban J connectivity index is 2.02. The summed E-state index contributed by atoms with van der Waals surface area (Å²) < 4.78 is 29.8. The fraction of sp³-hybridized carbons (Fsp3) is 0.188. The molecule has 11 heteroatoms. The lowest BCUT2D eigenvalue weighted by atomic mass is 10.3. The van der Waals surface area contributed by atoms with Crippen LogP contribution in [0.15, 0.2) is 46.1 Å². The molecule has 0 spiro atoms. The Kier molecular flexibility index (Phi) is 5.22. The number of aromatic nitrogens is 1. The van der Waals surface area contributed by atoms with Gasteiger partial charge < -0.3 is 0 Å². The zero-order valence-electron chi connectivity index (χ0n) is 14.0. The van der Waals surface area contributed by atoms with Crippen molar-refractivity contribution in [3.63, 3.8) is 0 Å². The van der Waals surface area contributed by atoms with Crippen LogP contribution in [0.25, 0.3) is 10.2 Å². The highest BCUT2D eigenvalue weighted by Gasteiger charge is 2.20. The van der Waals surface area contributed by atoms with Crippen LogP contribution in [-0.4, -0.2) is 17.9 Å². The Morgan fingerprint density at radius 1 is 1.26 bits per heavy atom. The van der Waals surface area contributed by atoms with E-state index in [9.17, 15) is 23.3 Å². The van der Waals surface area contributed by atoms with E-state index in [0.717, 1.165) is 23.8 Å². The van der Waals surface area contributed by atoms with Gasteiger partial charge in [-0.3, -0.25) is 24.2 Å². The first-order valence-corrected chi connectivity index (χ1v) is 10.5. The lowest BCUT2D eigenvalue weighted by Crippen LogP contribution is -2.14. The minimum Gasteiger partial charge on any atom is -0.299 e. The fourth-order valence-electron chi connectivity index (χ4n) is 2.56. The molecule has 0 fully saturated rings. The highest BCUT2D eigenvalue weighted by atomic mass is 35.5. The number of nitro groups is 1. The van der Waals surface area contributed by atoms with Crippen LogP contribution in [0.5, 0.6) is 0 Å². The van der Waals surface area contributed by atoms with Crippen molar-refractivity contribution in [3.05, 3.63) is 61.2 Å². The van der Waals surface area contributed by atoms with Crippen LogP contribution in [-0.2, 0) is 16.6 Å². The predicted molar refractivity (Wildman–Crippen MR) is 105 cm³/mol. The summed E-state index contributed by atoms with van der Waals surface area (Å²) in [4.78, 5) is 22.1. The highest BCUT2D eigenvalue weighted by Crippen LogP contribution is 2.30. The van der Waals surface area contributed by atoms with Crippen molar-refractivity contribution < 1.29 is 13.3 Å². The fourth-order valence-corrected chi connectivity index (χ4v) is 4.91. The van der Waals surface area contributed by atoms with Crippen LogP contribution in [0.2, 0.25) is 5.02 Å². The van der Waals surface area contributed by atoms with Crippen molar-refractivity contribution in [3.8, 4) is 0 Å². The molecule has 3 aromatic rings. The van der Waals surface area contributed by atoms with E-state index in [1.54, 1.807) is 10.6 Å². The smallest absolute Gasteiger partial charge is 0.299 e. The van der Waals surface area contributed by atoms with E-state index in [1.807, 2.05) is 6.92 Å². The number of anilines is 1. The van der Waals surface area contributed by atoms with Crippen molar-refractivity contribution in [2.45, 2.75) is 24.8 Å². The summed E-state index contributed by atoms with van der Waals surface area (Å²) in [5.74, 6) is 0. The summed E-state index contributed by atoms with van der Waals surface area (Å²) >= 11 is 6.92. The summed E-state index contributed by atoms with van der Waals surface area (Å²) in [6.07, 6.45) is 0.776. The molecule has 142 valence electrons. The van der Waals surface area contributed by atoms with Gasteiger partial charge in [0.05, 0.1) is 30.7 Å². The topological polar surface area (TPSA) is 111 Å². The maximum atomic E-state index is 12.7. The van der Waals surface area contributed by atoms with Crippen molar-refractivity contribution in [2.24, 2.45) is 0 Å². The number of thiazole rings is 1. The molecule has 8 nitrogen and oxygen atoms in total. The van der Waals surface area contributed by atoms with Gasteiger partial charge >= 0.3 is 4.87 Å². The molecule has 0 aliphatic heterocycles. The van der Waals surface area contributed by atoms with Crippen molar-refractivity contribution in [2.75, 3.05) is 4.72 Å². The van der Waals surface area contributed by atoms with Crippen LogP contribution in [0, 0.1) is 10.1 Å². The van der Waals surface area contributed by atoms with Crippen LogP contribution >= 0.6 is 22.9 Å². The molecular formula is C16H14ClN3O5S2. The minimum absolute atomic E-state index is 0.0315. The number of fused-ring (bicyclic) bond motifs is 1. The lowest BCUT2D eigenvalue weighted by molar-refractivity contribution is -0.384. The van der Waals surface area contributed by atoms with Gasteiger partial charge in [-0.05, 0) is 30.7 Å². The van der Waals surface area contributed by atoms with Crippen LogP contribution in [0.4, 0.5) is 11.4 Å². The van der Waals surface area contributed by atoms with Gasteiger partial charge in [-0.15, -0.1) is 0 Å². The van der Waals surface area contributed by atoms with E-state index in [0.29, 0.717) is 16.8 Å². The van der Waals surface area contributed by atoms with E-state index >= 15 is 0 Å². The maximum Gasteiger partial charge on any atom is 0.308 e. The number of halogens is 1. The van der Waals surface area contributed by atoms with Gasteiger partial charge in [0.2, 0.25) is 0 Å². The number of benzene rings is 2. The Labute approximate surface area is 163 Å². The largest absolute Gasteiger partial charge is 0.308 e. The van der Waals surface area contributed by atoms with E-state index in [2.05, 4.69) is 4.72 Å². The quantitative estimate of drug-likeness (QED) is 0.474. The number of non-ortho nitro benzene ring substituents is 1. The standard InChI is InChI=1S/C16H14ClN3O5S2/c1-2-7-19-14-6-4-11(9-15(14)26-16(19)21)27(24,25)18-13-8-10(20(22)23)3-5-12(13)17/h3-6,8-9,18H,2,7H2,1H3. The van der Waals surface area contributed by atoms with Gasteiger partial charge in [0.25, 0.3) is 15.7 Å². The first kappa shape index (κ1) is 19.3. The Morgan fingerprint density at radius 3 is 2.67 bits per heavy atom. The van der Waals surface area contributed by atoms with E-state index < -0.39 is 14.9 Å². The molecule has 0 aliphatic carbocycles. The molecule has 0 saturated heterocycles. The van der Waals surface area contributed by atoms with Crippen molar-refractivity contribution >= 4 is 54.6 Å². The summed E-state index contributed by atoms with van der Waals surface area (Å²) in [6, 6.07) is 7.84. The monoisotopic (exact) mass is 427 g/mol. The average molecular weight is 428 g/mol. The molecule has 0 radical (unpaired) electrons. The van der Waals surface area contributed by atoms with Crippen molar-refractivity contribution in [1.29, 1.82) is 0 Å². The summed E-state index contributed by atoms with van der Waals surface area (Å²) in [6.45, 7) is 2.49. The number of rotatable bonds is 6. The molecule has 1 aromatic heterocycles. The molecule has 0 unspecified atom stereocenters. The molecule has 0 aliphatic rings. The zero-order valence-corrected chi connectivity index (χ0v) is 16.4. The molecule has 1 N–H and O–H groups in total. The zero-order chi connectivity index (χ0) is 19.8. The number of nitrogens with one attached hydrogen (secondary N) is 1. The number of nitrogens with zero attached hydrogens (tertiary/aromatic N) is 2. The van der Waals surface area contributed by atoms with E-state index in [4.69, 9.17) is 11.6 Å². The number of hydrogen-bond acceptors (Lipinski definition) is 6. The number of sulfonamides is 1. The summed E-state index contributed by atoms with van der Waals surface area (Å²) in [5.41, 5.74) is 0.282. The first-order valence-electron chi connectivity index (χ1n) is 7.83. The van der Waals surface area contributed by atoms with E-state index in [1.165, 1.54) is 24.3 Å².